The summed E-state index contributed by atoms with van der Waals surface area (Å²) in [5.74, 6) is -1.33. The van der Waals surface area contributed by atoms with Crippen LogP contribution in [0.5, 0.6) is 0 Å². The van der Waals surface area contributed by atoms with Gasteiger partial charge in [0.25, 0.3) is 0 Å². The van der Waals surface area contributed by atoms with Crippen molar-refractivity contribution >= 4 is 5.97 Å². The predicted molar refractivity (Wildman–Crippen MR) is 57.8 cm³/mol. The van der Waals surface area contributed by atoms with Gasteiger partial charge in [-0.3, -0.25) is 0 Å². The third kappa shape index (κ3) is 1.69. The van der Waals surface area contributed by atoms with Crippen LogP contribution in [-0.4, -0.2) is 15.6 Å². The van der Waals surface area contributed by atoms with Crippen LogP contribution in [0.4, 0.5) is 4.39 Å². The number of aromatic carboxylic acids is 1. The molecule has 0 aliphatic carbocycles. The van der Waals surface area contributed by atoms with E-state index in [1.165, 1.54) is 22.8 Å². The van der Waals surface area contributed by atoms with Crippen LogP contribution in [0.3, 0.4) is 0 Å². The third-order valence-corrected chi connectivity index (χ3v) is 2.46. The van der Waals surface area contributed by atoms with Crippen LogP contribution in [0.15, 0.2) is 36.4 Å². The lowest BCUT2D eigenvalue weighted by molar-refractivity contribution is 0.0687. The van der Waals surface area contributed by atoms with Gasteiger partial charge in [0.05, 0.1) is 0 Å². The Morgan fingerprint density at radius 2 is 2.06 bits per heavy atom. The predicted octanol–water partition coefficient (Wildman–Crippen LogP) is 2.53. The first-order chi connectivity index (χ1) is 7.59. The highest BCUT2D eigenvalue weighted by Gasteiger charge is 2.12. The van der Waals surface area contributed by atoms with E-state index in [9.17, 15) is 9.18 Å². The molecule has 1 aromatic heterocycles. The van der Waals surface area contributed by atoms with E-state index in [0.29, 0.717) is 11.3 Å². The molecular weight excluding hydrogens is 209 g/mol. The fourth-order valence-corrected chi connectivity index (χ4v) is 1.66. The van der Waals surface area contributed by atoms with Gasteiger partial charge in [-0.2, -0.15) is 0 Å². The van der Waals surface area contributed by atoms with Crippen molar-refractivity contribution < 1.29 is 14.3 Å². The Labute approximate surface area is 91.8 Å². The van der Waals surface area contributed by atoms with Crippen LogP contribution >= 0.6 is 0 Å². The number of carboxylic acids is 1. The molecule has 4 heteroatoms. The van der Waals surface area contributed by atoms with Gasteiger partial charge in [-0.15, -0.1) is 0 Å². The summed E-state index contributed by atoms with van der Waals surface area (Å²) in [5, 5.41) is 8.89. The third-order valence-electron chi connectivity index (χ3n) is 2.46. The average molecular weight is 219 g/mol. The maximum absolute atomic E-state index is 13.0. The average Bonchev–Trinajstić information content (AvgIpc) is 2.60. The summed E-state index contributed by atoms with van der Waals surface area (Å²) >= 11 is 0. The first-order valence-electron chi connectivity index (χ1n) is 4.74. The van der Waals surface area contributed by atoms with Crippen molar-refractivity contribution in [3.05, 3.63) is 47.9 Å². The Hall–Kier alpha value is -2.10. The van der Waals surface area contributed by atoms with Gasteiger partial charge < -0.3 is 9.67 Å². The second-order valence-corrected chi connectivity index (χ2v) is 3.48. The number of nitrogens with zero attached hydrogens (tertiary/aromatic N) is 1. The zero-order valence-corrected chi connectivity index (χ0v) is 8.64. The molecule has 2 rings (SSSR count). The molecule has 0 saturated heterocycles. The molecule has 0 saturated carbocycles. The number of aromatic nitrogens is 1. The standard InChI is InChI=1S/C12H10FNO2/c1-14-10(5-6-11(14)12(15)16)8-3-2-4-9(13)7-8/h2-7H,1H3,(H,15,16). The van der Waals surface area contributed by atoms with Crippen LogP contribution in [0.2, 0.25) is 0 Å². The molecule has 0 radical (unpaired) electrons. The highest BCUT2D eigenvalue weighted by molar-refractivity contribution is 5.87. The van der Waals surface area contributed by atoms with E-state index in [2.05, 4.69) is 0 Å². The maximum Gasteiger partial charge on any atom is 0.352 e. The number of carboxylic acid groups (broad SMARTS) is 1. The largest absolute Gasteiger partial charge is 0.477 e. The van der Waals surface area contributed by atoms with Gasteiger partial charge in [-0.05, 0) is 24.3 Å². The molecule has 0 aliphatic rings. The topological polar surface area (TPSA) is 42.2 Å². The summed E-state index contributed by atoms with van der Waals surface area (Å²) < 4.78 is 14.5. The van der Waals surface area contributed by atoms with Crippen molar-refractivity contribution in [1.82, 2.24) is 4.57 Å². The zero-order valence-electron chi connectivity index (χ0n) is 8.64. The van der Waals surface area contributed by atoms with E-state index in [-0.39, 0.29) is 11.5 Å². The number of hydrogen-bond donors (Lipinski definition) is 1. The van der Waals surface area contributed by atoms with Gasteiger partial charge in [0.2, 0.25) is 0 Å². The van der Waals surface area contributed by atoms with Gasteiger partial charge in [-0.1, -0.05) is 12.1 Å². The van der Waals surface area contributed by atoms with Crippen LogP contribution in [0.25, 0.3) is 11.3 Å². The first-order valence-corrected chi connectivity index (χ1v) is 4.74. The molecule has 1 aromatic carbocycles. The normalized spacial score (nSPS) is 10.4. The Kier molecular flexibility index (Phi) is 2.48. The molecular formula is C12H10FNO2. The summed E-state index contributed by atoms with van der Waals surface area (Å²) in [4.78, 5) is 10.8. The monoisotopic (exact) mass is 219 g/mol. The summed E-state index contributed by atoms with van der Waals surface area (Å²) in [6.07, 6.45) is 0. The highest BCUT2D eigenvalue weighted by Crippen LogP contribution is 2.22. The molecule has 1 N–H and O–H groups in total. The van der Waals surface area contributed by atoms with Crippen molar-refractivity contribution in [2.45, 2.75) is 0 Å². The molecule has 0 spiro atoms. The fourth-order valence-electron chi connectivity index (χ4n) is 1.66. The number of halogens is 1. The Morgan fingerprint density at radius 3 is 2.62 bits per heavy atom. The van der Waals surface area contributed by atoms with Crippen LogP contribution in [0, 0.1) is 5.82 Å². The quantitative estimate of drug-likeness (QED) is 0.843. The van der Waals surface area contributed by atoms with Gasteiger partial charge in [-0.25, -0.2) is 9.18 Å². The van der Waals surface area contributed by atoms with Crippen LogP contribution in [0.1, 0.15) is 10.5 Å². The van der Waals surface area contributed by atoms with E-state index in [1.807, 2.05) is 0 Å². The smallest absolute Gasteiger partial charge is 0.352 e. The number of carbonyl (C=O) groups is 1. The van der Waals surface area contributed by atoms with Gasteiger partial charge in [0.1, 0.15) is 11.5 Å². The van der Waals surface area contributed by atoms with Crippen molar-refractivity contribution in [3.63, 3.8) is 0 Å². The molecule has 2 aromatic rings. The second-order valence-electron chi connectivity index (χ2n) is 3.48. The molecule has 16 heavy (non-hydrogen) atoms. The maximum atomic E-state index is 13.0. The summed E-state index contributed by atoms with van der Waals surface area (Å²) in [7, 11) is 1.64. The second kappa shape index (κ2) is 3.81. The summed E-state index contributed by atoms with van der Waals surface area (Å²) in [6.45, 7) is 0. The molecule has 0 unspecified atom stereocenters. The fraction of sp³-hybridized carbons (Fsp3) is 0.0833. The van der Waals surface area contributed by atoms with Gasteiger partial charge in [0, 0.05) is 18.3 Å². The molecule has 0 fully saturated rings. The van der Waals surface area contributed by atoms with Crippen molar-refractivity contribution in [3.8, 4) is 11.3 Å². The minimum Gasteiger partial charge on any atom is -0.477 e. The van der Waals surface area contributed by atoms with E-state index < -0.39 is 5.97 Å². The van der Waals surface area contributed by atoms with E-state index in [4.69, 9.17) is 5.11 Å². The lowest BCUT2D eigenvalue weighted by Gasteiger charge is -2.05. The van der Waals surface area contributed by atoms with Crippen LogP contribution in [-0.2, 0) is 7.05 Å². The Morgan fingerprint density at radius 1 is 1.31 bits per heavy atom. The molecule has 0 atom stereocenters. The van der Waals surface area contributed by atoms with Gasteiger partial charge >= 0.3 is 5.97 Å². The Balaban J connectivity index is 2.53. The van der Waals surface area contributed by atoms with Crippen molar-refractivity contribution in [1.29, 1.82) is 0 Å². The zero-order chi connectivity index (χ0) is 11.7. The number of benzene rings is 1. The molecule has 1 heterocycles. The van der Waals surface area contributed by atoms with E-state index >= 15 is 0 Å². The molecule has 0 bridgehead atoms. The summed E-state index contributed by atoms with van der Waals surface area (Å²) in [5.41, 5.74) is 1.52. The highest BCUT2D eigenvalue weighted by atomic mass is 19.1. The minimum absolute atomic E-state index is 0.180. The number of hydrogen-bond acceptors (Lipinski definition) is 1. The van der Waals surface area contributed by atoms with Crippen molar-refractivity contribution in [2.24, 2.45) is 7.05 Å². The van der Waals surface area contributed by atoms with Gasteiger partial charge in [0.15, 0.2) is 0 Å². The molecule has 0 amide bonds. The van der Waals surface area contributed by atoms with E-state index in [0.717, 1.165) is 0 Å². The Bertz CT molecular complexity index is 546. The van der Waals surface area contributed by atoms with Crippen molar-refractivity contribution in [2.75, 3.05) is 0 Å². The first kappa shape index (κ1) is 10.4. The lowest BCUT2D eigenvalue weighted by Crippen LogP contribution is -2.05. The minimum atomic E-state index is -0.995. The lowest BCUT2D eigenvalue weighted by atomic mass is 10.1. The molecule has 0 aliphatic heterocycles. The van der Waals surface area contributed by atoms with Crippen LogP contribution < -0.4 is 0 Å². The molecule has 3 nitrogen and oxygen atoms in total. The summed E-state index contributed by atoms with van der Waals surface area (Å²) in [6, 6.07) is 9.23. The molecule has 82 valence electrons. The SMILES string of the molecule is Cn1c(C(=O)O)ccc1-c1cccc(F)c1. The number of rotatable bonds is 2. The van der Waals surface area contributed by atoms with E-state index in [1.54, 1.807) is 25.2 Å².